The number of likely N-dealkylation sites (tertiary alicyclic amines) is 1. The van der Waals surface area contributed by atoms with E-state index in [1.54, 1.807) is 18.3 Å². The van der Waals surface area contributed by atoms with Gasteiger partial charge in [-0.1, -0.05) is 0 Å². The van der Waals surface area contributed by atoms with Crippen molar-refractivity contribution in [2.24, 2.45) is 5.41 Å². The highest BCUT2D eigenvalue weighted by Crippen LogP contribution is 2.57. The van der Waals surface area contributed by atoms with E-state index in [9.17, 15) is 4.79 Å². The van der Waals surface area contributed by atoms with Gasteiger partial charge in [-0.15, -0.1) is 0 Å². The Morgan fingerprint density at radius 2 is 2.19 bits per heavy atom. The summed E-state index contributed by atoms with van der Waals surface area (Å²) in [5.41, 5.74) is 1.61. The summed E-state index contributed by atoms with van der Waals surface area (Å²) >= 11 is 1.70. The van der Waals surface area contributed by atoms with E-state index in [0.717, 1.165) is 32.0 Å². The first kappa shape index (κ1) is 18.7. The molecule has 0 aromatic carbocycles. The Bertz CT molecular complexity index is 774. The second kappa shape index (κ2) is 7.40. The smallest absolute Gasteiger partial charge is 0.220 e. The number of nitrogens with zero attached hydrogens (tertiary/aromatic N) is 4. The second-order valence-corrected chi connectivity index (χ2v) is 9.26. The molecule has 2 aromatic heterocycles. The zero-order valence-electron chi connectivity index (χ0n) is 16.6. The van der Waals surface area contributed by atoms with E-state index < -0.39 is 0 Å². The topological polar surface area (TPSA) is 41.4 Å². The van der Waals surface area contributed by atoms with Crippen LogP contribution in [0.5, 0.6) is 0 Å². The van der Waals surface area contributed by atoms with Crippen molar-refractivity contribution in [1.29, 1.82) is 0 Å². The van der Waals surface area contributed by atoms with Gasteiger partial charge in [0.15, 0.2) is 0 Å². The zero-order chi connectivity index (χ0) is 19.0. The highest BCUT2D eigenvalue weighted by Gasteiger charge is 2.58. The van der Waals surface area contributed by atoms with Gasteiger partial charge < -0.3 is 9.47 Å². The van der Waals surface area contributed by atoms with E-state index >= 15 is 0 Å². The Kier molecular flexibility index (Phi) is 5.12. The van der Waals surface area contributed by atoms with Gasteiger partial charge in [0.2, 0.25) is 5.91 Å². The molecule has 3 heterocycles. The maximum atomic E-state index is 12.3. The van der Waals surface area contributed by atoms with Gasteiger partial charge in [-0.2, -0.15) is 11.3 Å². The lowest BCUT2D eigenvalue weighted by Crippen LogP contribution is -2.40. The highest BCUT2D eigenvalue weighted by atomic mass is 32.1. The average Bonchev–Trinajstić information content (AvgIpc) is 3.02. The molecular formula is C21H30N4OS. The predicted octanol–water partition coefficient (Wildman–Crippen LogP) is 3.93. The Labute approximate surface area is 166 Å². The third-order valence-electron chi connectivity index (χ3n) is 6.38. The molecular weight excluding hydrogens is 356 g/mol. The van der Waals surface area contributed by atoms with Crippen LogP contribution in [0.25, 0.3) is 0 Å². The van der Waals surface area contributed by atoms with Gasteiger partial charge >= 0.3 is 0 Å². The van der Waals surface area contributed by atoms with Gasteiger partial charge in [0.1, 0.15) is 5.82 Å². The van der Waals surface area contributed by atoms with Crippen LogP contribution in [-0.4, -0.2) is 44.4 Å². The van der Waals surface area contributed by atoms with Crippen LogP contribution in [0.2, 0.25) is 0 Å². The van der Waals surface area contributed by atoms with Crippen LogP contribution in [0.3, 0.4) is 0 Å². The van der Waals surface area contributed by atoms with Crippen LogP contribution >= 0.6 is 11.3 Å². The molecule has 1 atom stereocenters. The van der Waals surface area contributed by atoms with E-state index in [2.05, 4.69) is 56.2 Å². The van der Waals surface area contributed by atoms with Crippen LogP contribution < -0.4 is 0 Å². The van der Waals surface area contributed by atoms with Crippen molar-refractivity contribution in [2.75, 3.05) is 13.1 Å². The summed E-state index contributed by atoms with van der Waals surface area (Å²) in [6.45, 7) is 10.0. The molecule has 1 saturated heterocycles. The summed E-state index contributed by atoms with van der Waals surface area (Å²) in [6.07, 6.45) is 7.54. The van der Waals surface area contributed by atoms with Crippen LogP contribution in [0, 0.1) is 5.41 Å². The summed E-state index contributed by atoms with van der Waals surface area (Å²) in [5, 5.41) is 4.25. The lowest BCUT2D eigenvalue weighted by atomic mass is 9.92. The number of aromatic nitrogens is 2. The normalized spacial score (nSPS) is 21.7. The largest absolute Gasteiger partial charge is 0.335 e. The third kappa shape index (κ3) is 3.83. The molecule has 1 aliphatic heterocycles. The molecule has 27 heavy (non-hydrogen) atoms. The molecule has 1 spiro atoms. The Balaban J connectivity index is 1.35. The SMILES string of the molecule is CC(=O)N(Cc1ccsc1)[C@@H]1CC12CCN(Cc1nccn1C(C)C)CC2. The Morgan fingerprint density at radius 1 is 1.41 bits per heavy atom. The van der Waals surface area contributed by atoms with E-state index in [-0.39, 0.29) is 5.91 Å². The fourth-order valence-electron chi connectivity index (χ4n) is 4.62. The summed E-state index contributed by atoms with van der Waals surface area (Å²) in [4.78, 5) is 21.5. The van der Waals surface area contributed by atoms with E-state index in [0.29, 0.717) is 17.5 Å². The molecule has 1 saturated carbocycles. The fraction of sp³-hybridized carbons (Fsp3) is 0.619. The van der Waals surface area contributed by atoms with E-state index in [1.165, 1.54) is 24.8 Å². The standard InChI is InChI=1S/C21H30N4OS/c1-16(2)24-10-7-22-20(24)14-23-8-5-21(6-9-23)12-19(21)25(17(3)26)13-18-4-11-27-15-18/h4,7,10-11,15-16,19H,5-6,8-9,12-14H2,1-3H3/t19-/m1/s1. The number of amides is 1. The maximum Gasteiger partial charge on any atom is 0.220 e. The number of thiophene rings is 1. The van der Waals surface area contributed by atoms with Crippen molar-refractivity contribution in [3.63, 3.8) is 0 Å². The van der Waals surface area contributed by atoms with Crippen molar-refractivity contribution in [1.82, 2.24) is 19.4 Å². The van der Waals surface area contributed by atoms with E-state index in [1.807, 2.05) is 6.20 Å². The number of hydrogen-bond acceptors (Lipinski definition) is 4. The number of imidazole rings is 1. The summed E-state index contributed by atoms with van der Waals surface area (Å²) < 4.78 is 2.27. The van der Waals surface area contributed by atoms with Crippen LogP contribution in [-0.2, 0) is 17.9 Å². The van der Waals surface area contributed by atoms with Gasteiger partial charge in [0, 0.05) is 37.9 Å². The molecule has 4 rings (SSSR count). The predicted molar refractivity (Wildman–Crippen MR) is 109 cm³/mol. The number of carbonyl (C=O) groups is 1. The summed E-state index contributed by atoms with van der Waals surface area (Å²) in [6, 6.07) is 3.01. The molecule has 5 nitrogen and oxygen atoms in total. The van der Waals surface area contributed by atoms with Crippen molar-refractivity contribution in [3.8, 4) is 0 Å². The minimum absolute atomic E-state index is 0.212. The van der Waals surface area contributed by atoms with Gasteiger partial charge in [-0.05, 0) is 74.0 Å². The fourth-order valence-corrected chi connectivity index (χ4v) is 5.28. The molecule has 2 aliphatic rings. The number of piperidine rings is 1. The summed E-state index contributed by atoms with van der Waals surface area (Å²) in [7, 11) is 0. The Hall–Kier alpha value is -1.66. The summed E-state index contributed by atoms with van der Waals surface area (Å²) in [5.74, 6) is 1.38. The van der Waals surface area contributed by atoms with Crippen LogP contribution in [0.15, 0.2) is 29.2 Å². The number of hydrogen-bond donors (Lipinski definition) is 0. The molecule has 0 unspecified atom stereocenters. The van der Waals surface area contributed by atoms with Crippen molar-refractivity contribution in [2.45, 2.75) is 65.2 Å². The van der Waals surface area contributed by atoms with Gasteiger partial charge in [0.25, 0.3) is 0 Å². The zero-order valence-corrected chi connectivity index (χ0v) is 17.4. The first-order valence-electron chi connectivity index (χ1n) is 10.0. The first-order valence-corrected chi connectivity index (χ1v) is 11.0. The van der Waals surface area contributed by atoms with Crippen molar-refractivity contribution in [3.05, 3.63) is 40.6 Å². The molecule has 0 bridgehead atoms. The Morgan fingerprint density at radius 3 is 2.81 bits per heavy atom. The molecule has 146 valence electrons. The minimum Gasteiger partial charge on any atom is -0.335 e. The third-order valence-corrected chi connectivity index (χ3v) is 7.11. The lowest BCUT2D eigenvalue weighted by Gasteiger charge is -2.34. The average molecular weight is 387 g/mol. The van der Waals surface area contributed by atoms with E-state index in [4.69, 9.17) is 0 Å². The van der Waals surface area contributed by atoms with Crippen molar-refractivity contribution < 1.29 is 4.79 Å². The molecule has 1 aliphatic carbocycles. The lowest BCUT2D eigenvalue weighted by molar-refractivity contribution is -0.130. The first-order chi connectivity index (χ1) is 13.0. The molecule has 1 amide bonds. The quantitative estimate of drug-likeness (QED) is 0.755. The van der Waals surface area contributed by atoms with Gasteiger partial charge in [-0.25, -0.2) is 4.98 Å². The minimum atomic E-state index is 0.212. The monoisotopic (exact) mass is 386 g/mol. The molecule has 2 aromatic rings. The number of carbonyl (C=O) groups excluding carboxylic acids is 1. The van der Waals surface area contributed by atoms with Gasteiger partial charge in [-0.3, -0.25) is 9.69 Å². The molecule has 2 fully saturated rings. The maximum absolute atomic E-state index is 12.3. The molecule has 0 N–H and O–H groups in total. The van der Waals surface area contributed by atoms with Gasteiger partial charge in [0.05, 0.1) is 6.54 Å². The van der Waals surface area contributed by atoms with Crippen LogP contribution in [0.4, 0.5) is 0 Å². The second-order valence-electron chi connectivity index (χ2n) is 8.48. The molecule has 0 radical (unpaired) electrons. The highest BCUT2D eigenvalue weighted by molar-refractivity contribution is 7.07. The number of rotatable bonds is 6. The molecule has 6 heteroatoms. The van der Waals surface area contributed by atoms with Crippen LogP contribution in [0.1, 0.15) is 57.5 Å². The van der Waals surface area contributed by atoms with Crippen molar-refractivity contribution >= 4 is 17.2 Å².